The van der Waals surface area contributed by atoms with Gasteiger partial charge in [0.2, 0.25) is 0 Å². The van der Waals surface area contributed by atoms with Gasteiger partial charge in [-0.3, -0.25) is 9.59 Å². The van der Waals surface area contributed by atoms with Crippen molar-refractivity contribution in [3.05, 3.63) is 0 Å². The van der Waals surface area contributed by atoms with E-state index in [0.717, 1.165) is 12.8 Å². The van der Waals surface area contributed by atoms with Gasteiger partial charge < -0.3 is 9.84 Å². The molecule has 0 bridgehead atoms. The van der Waals surface area contributed by atoms with Crippen molar-refractivity contribution in [1.29, 1.82) is 0 Å². The van der Waals surface area contributed by atoms with Crippen LogP contribution in [0.25, 0.3) is 0 Å². The Morgan fingerprint density at radius 3 is 2.25 bits per heavy atom. The molecule has 16 heavy (non-hydrogen) atoms. The van der Waals surface area contributed by atoms with E-state index in [9.17, 15) is 9.59 Å². The highest BCUT2D eigenvalue weighted by Crippen LogP contribution is 2.35. The number of carboxylic acid groups (broad SMARTS) is 1. The van der Waals surface area contributed by atoms with Crippen LogP contribution in [0.2, 0.25) is 0 Å². The first kappa shape index (κ1) is 14.9. The lowest BCUT2D eigenvalue weighted by Gasteiger charge is -2.29. The molecule has 4 heteroatoms. The molecule has 0 aromatic rings. The number of carbonyl (C=O) groups is 2. The van der Waals surface area contributed by atoms with Gasteiger partial charge in [-0.05, 0) is 19.3 Å². The maximum Gasteiger partial charge on any atom is 0.311 e. The average molecular weight is 230 g/mol. The minimum absolute atomic E-state index is 0.0205. The van der Waals surface area contributed by atoms with E-state index >= 15 is 0 Å². The normalized spacial score (nSPS) is 14.2. The summed E-state index contributed by atoms with van der Waals surface area (Å²) in [6.07, 6.45) is 3.64. The Hall–Kier alpha value is -1.06. The molecule has 0 radical (unpaired) electrons. The maximum absolute atomic E-state index is 11.8. The van der Waals surface area contributed by atoms with Gasteiger partial charge in [-0.2, -0.15) is 0 Å². The summed E-state index contributed by atoms with van der Waals surface area (Å²) in [4.78, 5) is 22.4. The lowest BCUT2D eigenvalue weighted by Crippen LogP contribution is -2.32. The van der Waals surface area contributed by atoms with Crippen molar-refractivity contribution in [3.8, 4) is 0 Å². The number of methoxy groups -OCH3 is 1. The number of aliphatic carboxylic acids is 1. The zero-order chi connectivity index (χ0) is 12.6. The Balaban J connectivity index is 4.65. The molecule has 0 aliphatic heterocycles. The van der Waals surface area contributed by atoms with Crippen molar-refractivity contribution >= 4 is 11.9 Å². The van der Waals surface area contributed by atoms with E-state index in [1.807, 2.05) is 6.92 Å². The van der Waals surface area contributed by atoms with Gasteiger partial charge in [0.15, 0.2) is 0 Å². The van der Waals surface area contributed by atoms with Crippen LogP contribution in [0.4, 0.5) is 0 Å². The van der Waals surface area contributed by atoms with E-state index in [-0.39, 0.29) is 12.4 Å². The molecule has 94 valence electrons. The van der Waals surface area contributed by atoms with Crippen molar-refractivity contribution in [2.75, 3.05) is 7.11 Å². The molecule has 1 N–H and O–H groups in total. The van der Waals surface area contributed by atoms with Gasteiger partial charge in [0, 0.05) is 6.42 Å². The van der Waals surface area contributed by atoms with Crippen LogP contribution < -0.4 is 0 Å². The molecule has 0 saturated heterocycles. The topological polar surface area (TPSA) is 63.6 Å². The van der Waals surface area contributed by atoms with Gasteiger partial charge in [-0.15, -0.1) is 0 Å². The third-order valence-electron chi connectivity index (χ3n) is 3.12. The summed E-state index contributed by atoms with van der Waals surface area (Å²) in [6, 6.07) is 0. The standard InChI is InChI=1S/C12H22O4/c1-4-6-8-12(5-2,11(15)16-3)9-7-10(13)14/h4-9H2,1-3H3,(H,13,14). The molecule has 1 unspecified atom stereocenters. The molecule has 0 heterocycles. The molecule has 0 aromatic heterocycles. The average Bonchev–Trinajstić information content (AvgIpc) is 2.29. The maximum atomic E-state index is 11.8. The van der Waals surface area contributed by atoms with Crippen molar-refractivity contribution in [2.45, 2.75) is 52.4 Å². The van der Waals surface area contributed by atoms with E-state index in [1.54, 1.807) is 0 Å². The SMILES string of the molecule is CCCCC(CC)(CCC(=O)O)C(=O)OC. The Bertz CT molecular complexity index is 237. The summed E-state index contributed by atoms with van der Waals surface area (Å²) >= 11 is 0. The fourth-order valence-corrected chi connectivity index (χ4v) is 1.90. The molecule has 4 nitrogen and oxygen atoms in total. The van der Waals surface area contributed by atoms with Crippen LogP contribution in [-0.2, 0) is 14.3 Å². The molecular weight excluding hydrogens is 208 g/mol. The van der Waals surface area contributed by atoms with Crippen molar-refractivity contribution in [3.63, 3.8) is 0 Å². The second kappa shape index (κ2) is 7.25. The summed E-state index contributed by atoms with van der Waals surface area (Å²) in [5, 5.41) is 8.70. The van der Waals surface area contributed by atoms with Crippen LogP contribution >= 0.6 is 0 Å². The second-order valence-electron chi connectivity index (χ2n) is 4.12. The Kier molecular flexibility index (Phi) is 6.77. The van der Waals surface area contributed by atoms with E-state index in [4.69, 9.17) is 9.84 Å². The fourth-order valence-electron chi connectivity index (χ4n) is 1.90. The van der Waals surface area contributed by atoms with Crippen molar-refractivity contribution < 1.29 is 19.4 Å². The summed E-state index contributed by atoms with van der Waals surface area (Å²) in [5.74, 6) is -1.14. The smallest absolute Gasteiger partial charge is 0.311 e. The number of esters is 1. The molecule has 0 aliphatic carbocycles. The third kappa shape index (κ3) is 4.21. The van der Waals surface area contributed by atoms with Gasteiger partial charge >= 0.3 is 11.9 Å². The summed E-state index contributed by atoms with van der Waals surface area (Å²) in [5.41, 5.74) is -0.608. The Morgan fingerprint density at radius 2 is 1.88 bits per heavy atom. The van der Waals surface area contributed by atoms with Crippen LogP contribution in [0.5, 0.6) is 0 Å². The number of carboxylic acids is 1. The van der Waals surface area contributed by atoms with E-state index in [2.05, 4.69) is 6.92 Å². The molecule has 0 aliphatic rings. The van der Waals surface area contributed by atoms with Gasteiger partial charge in [0.25, 0.3) is 0 Å². The number of hydrogen-bond acceptors (Lipinski definition) is 3. The zero-order valence-corrected chi connectivity index (χ0v) is 10.4. The number of ether oxygens (including phenoxy) is 1. The van der Waals surface area contributed by atoms with Gasteiger partial charge in [-0.25, -0.2) is 0 Å². The van der Waals surface area contributed by atoms with E-state index in [0.29, 0.717) is 19.3 Å². The van der Waals surface area contributed by atoms with Gasteiger partial charge in [0.1, 0.15) is 0 Å². The lowest BCUT2D eigenvalue weighted by atomic mass is 9.76. The molecule has 0 amide bonds. The van der Waals surface area contributed by atoms with E-state index in [1.165, 1.54) is 7.11 Å². The lowest BCUT2D eigenvalue weighted by molar-refractivity contribution is -0.155. The second-order valence-corrected chi connectivity index (χ2v) is 4.12. The fraction of sp³-hybridized carbons (Fsp3) is 0.833. The van der Waals surface area contributed by atoms with Crippen LogP contribution in [-0.4, -0.2) is 24.2 Å². The highest BCUT2D eigenvalue weighted by molar-refractivity contribution is 5.77. The minimum Gasteiger partial charge on any atom is -0.481 e. The summed E-state index contributed by atoms with van der Waals surface area (Å²) in [7, 11) is 1.36. The summed E-state index contributed by atoms with van der Waals surface area (Å²) < 4.78 is 4.80. The predicted molar refractivity (Wildman–Crippen MR) is 61.1 cm³/mol. The van der Waals surface area contributed by atoms with Crippen molar-refractivity contribution in [2.24, 2.45) is 5.41 Å². The van der Waals surface area contributed by atoms with Crippen LogP contribution in [0.15, 0.2) is 0 Å². The Morgan fingerprint density at radius 1 is 1.25 bits per heavy atom. The number of unbranched alkanes of at least 4 members (excludes halogenated alkanes) is 1. The monoisotopic (exact) mass is 230 g/mol. The first-order valence-electron chi connectivity index (χ1n) is 5.82. The number of rotatable bonds is 8. The molecule has 0 rings (SSSR count). The largest absolute Gasteiger partial charge is 0.481 e. The van der Waals surface area contributed by atoms with Gasteiger partial charge in [0.05, 0.1) is 12.5 Å². The molecule has 1 atom stereocenters. The Labute approximate surface area is 97.0 Å². The molecule has 0 saturated carbocycles. The number of hydrogen-bond donors (Lipinski definition) is 1. The molecule has 0 fully saturated rings. The van der Waals surface area contributed by atoms with Crippen molar-refractivity contribution in [1.82, 2.24) is 0 Å². The van der Waals surface area contributed by atoms with Crippen LogP contribution in [0, 0.1) is 5.41 Å². The minimum atomic E-state index is -0.863. The highest BCUT2D eigenvalue weighted by Gasteiger charge is 2.37. The van der Waals surface area contributed by atoms with Crippen LogP contribution in [0.1, 0.15) is 52.4 Å². The van der Waals surface area contributed by atoms with Crippen LogP contribution in [0.3, 0.4) is 0 Å². The van der Waals surface area contributed by atoms with E-state index < -0.39 is 11.4 Å². The molecule has 0 aromatic carbocycles. The third-order valence-corrected chi connectivity index (χ3v) is 3.12. The predicted octanol–water partition coefficient (Wildman–Crippen LogP) is 2.61. The zero-order valence-electron chi connectivity index (χ0n) is 10.4. The molecule has 0 spiro atoms. The first-order chi connectivity index (χ1) is 7.52. The molecular formula is C12H22O4. The number of carbonyl (C=O) groups excluding carboxylic acids is 1. The van der Waals surface area contributed by atoms with Gasteiger partial charge in [-0.1, -0.05) is 26.7 Å². The first-order valence-corrected chi connectivity index (χ1v) is 5.82. The summed E-state index contributed by atoms with van der Waals surface area (Å²) in [6.45, 7) is 3.96. The quantitative estimate of drug-likeness (QED) is 0.651. The highest BCUT2D eigenvalue weighted by atomic mass is 16.5.